The maximum atomic E-state index is 11.5. The first-order valence-electron chi connectivity index (χ1n) is 7.21. The molecule has 0 aliphatic carbocycles. The average molecular weight is 333 g/mol. The number of nitrogens with zero attached hydrogens (tertiary/aromatic N) is 2. The summed E-state index contributed by atoms with van der Waals surface area (Å²) in [6.45, 7) is 4.53. The molecule has 1 aromatic heterocycles. The van der Waals surface area contributed by atoms with E-state index in [1.54, 1.807) is 13.1 Å². The first-order valence-corrected chi connectivity index (χ1v) is 8.03. The Kier molecular flexibility index (Phi) is 6.10. The van der Waals surface area contributed by atoms with Gasteiger partial charge in [0.15, 0.2) is 0 Å². The highest BCUT2D eigenvalue weighted by molar-refractivity contribution is 7.17. The fraction of sp³-hybridized carbons (Fsp3) is 0.312. The molecule has 0 spiro atoms. The molecule has 0 aliphatic rings. The molecule has 2 aromatic rings. The maximum Gasteiger partial charge on any atom is 0.350 e. The Labute approximate surface area is 139 Å². The predicted octanol–water partition coefficient (Wildman–Crippen LogP) is 3.47. The maximum absolute atomic E-state index is 11.5. The highest BCUT2D eigenvalue weighted by Gasteiger charge is 2.15. The van der Waals surface area contributed by atoms with Gasteiger partial charge in [0.05, 0.1) is 25.6 Å². The number of hydrogen-bond acceptors (Lipinski definition) is 7. The van der Waals surface area contributed by atoms with Crippen LogP contribution in [0.4, 0.5) is 5.13 Å². The van der Waals surface area contributed by atoms with Crippen LogP contribution in [0, 0.1) is 6.92 Å². The van der Waals surface area contributed by atoms with Crippen LogP contribution in [0.2, 0.25) is 0 Å². The lowest BCUT2D eigenvalue weighted by Crippen LogP contribution is -1.99. The molecule has 1 aromatic carbocycles. The van der Waals surface area contributed by atoms with Crippen molar-refractivity contribution in [2.45, 2.75) is 20.3 Å². The first kappa shape index (κ1) is 17.0. The number of carbonyl (C=O) groups excluding carboxylic acids is 1. The molecule has 0 fully saturated rings. The van der Waals surface area contributed by atoms with Gasteiger partial charge in [-0.05, 0) is 43.2 Å². The molecular formula is C16H19N3O3S. The standard InChI is InChI=1S/C16H19N3O3S/c1-4-9-22-13-7-5-12(6-8-13)10-17-19-16-18-11(2)14(23-16)15(20)21-3/h5-8,10H,4,9H2,1-3H3,(H,18,19)/b17-10+. The number of aromatic nitrogens is 1. The van der Waals surface area contributed by atoms with Gasteiger partial charge in [-0.3, -0.25) is 5.43 Å². The van der Waals surface area contributed by atoms with E-state index in [2.05, 4.69) is 22.4 Å². The summed E-state index contributed by atoms with van der Waals surface area (Å²) in [7, 11) is 1.35. The third-order valence-corrected chi connectivity index (χ3v) is 3.94. The largest absolute Gasteiger partial charge is 0.494 e. The van der Waals surface area contributed by atoms with E-state index in [0.29, 0.717) is 22.3 Å². The topological polar surface area (TPSA) is 72.8 Å². The molecule has 122 valence electrons. The fourth-order valence-electron chi connectivity index (χ4n) is 1.76. The number of benzene rings is 1. The first-order chi connectivity index (χ1) is 11.1. The number of hydrazone groups is 1. The van der Waals surface area contributed by atoms with E-state index in [9.17, 15) is 4.79 Å². The molecule has 23 heavy (non-hydrogen) atoms. The summed E-state index contributed by atoms with van der Waals surface area (Å²) in [6.07, 6.45) is 2.66. The second-order valence-electron chi connectivity index (χ2n) is 4.71. The van der Waals surface area contributed by atoms with E-state index < -0.39 is 0 Å². The molecule has 7 heteroatoms. The molecule has 0 radical (unpaired) electrons. The van der Waals surface area contributed by atoms with Crippen molar-refractivity contribution >= 4 is 28.7 Å². The van der Waals surface area contributed by atoms with Crippen LogP contribution in [0.15, 0.2) is 29.4 Å². The number of rotatable bonds is 7. The molecule has 0 atom stereocenters. The highest BCUT2D eigenvalue weighted by atomic mass is 32.1. The van der Waals surface area contributed by atoms with Gasteiger partial charge in [0.25, 0.3) is 0 Å². The lowest BCUT2D eigenvalue weighted by molar-refractivity contribution is 0.0605. The van der Waals surface area contributed by atoms with Crippen molar-refractivity contribution in [1.82, 2.24) is 4.98 Å². The third-order valence-electron chi connectivity index (χ3n) is 2.89. The zero-order valence-electron chi connectivity index (χ0n) is 13.3. The van der Waals surface area contributed by atoms with Crippen molar-refractivity contribution in [2.75, 3.05) is 19.1 Å². The van der Waals surface area contributed by atoms with Crippen LogP contribution in [-0.2, 0) is 4.74 Å². The van der Waals surface area contributed by atoms with Crippen LogP contribution in [0.1, 0.15) is 34.3 Å². The number of thiazole rings is 1. The van der Waals surface area contributed by atoms with E-state index in [1.807, 2.05) is 24.3 Å². The molecule has 0 aliphatic heterocycles. The zero-order chi connectivity index (χ0) is 16.7. The summed E-state index contributed by atoms with van der Waals surface area (Å²) in [5.74, 6) is 0.454. The minimum absolute atomic E-state index is 0.389. The van der Waals surface area contributed by atoms with Crippen molar-refractivity contribution in [1.29, 1.82) is 0 Å². The number of anilines is 1. The van der Waals surface area contributed by atoms with Gasteiger partial charge in [0.1, 0.15) is 10.6 Å². The second-order valence-corrected chi connectivity index (χ2v) is 5.71. The van der Waals surface area contributed by atoms with Gasteiger partial charge in [0.2, 0.25) is 5.13 Å². The Bertz CT molecular complexity index is 680. The summed E-state index contributed by atoms with van der Waals surface area (Å²) in [4.78, 5) is 16.2. The Hall–Kier alpha value is -2.41. The monoisotopic (exact) mass is 333 g/mol. The van der Waals surface area contributed by atoms with Crippen LogP contribution < -0.4 is 10.2 Å². The number of hydrogen-bond donors (Lipinski definition) is 1. The summed E-state index contributed by atoms with van der Waals surface area (Å²) in [5.41, 5.74) is 4.38. The molecule has 0 bridgehead atoms. The van der Waals surface area contributed by atoms with Gasteiger partial charge in [-0.2, -0.15) is 5.10 Å². The van der Waals surface area contributed by atoms with Crippen molar-refractivity contribution in [3.05, 3.63) is 40.4 Å². The van der Waals surface area contributed by atoms with Crippen molar-refractivity contribution < 1.29 is 14.3 Å². The third kappa shape index (κ3) is 4.79. The van der Waals surface area contributed by atoms with Gasteiger partial charge < -0.3 is 9.47 Å². The minimum Gasteiger partial charge on any atom is -0.494 e. The van der Waals surface area contributed by atoms with Crippen molar-refractivity contribution in [2.24, 2.45) is 5.10 Å². The van der Waals surface area contributed by atoms with Crippen LogP contribution in [0.25, 0.3) is 0 Å². The van der Waals surface area contributed by atoms with Crippen molar-refractivity contribution in [3.8, 4) is 5.75 Å². The highest BCUT2D eigenvalue weighted by Crippen LogP contribution is 2.23. The SMILES string of the molecule is CCCOc1ccc(/C=N/Nc2nc(C)c(C(=O)OC)s2)cc1. The number of nitrogens with one attached hydrogen (secondary N) is 1. The molecule has 0 saturated carbocycles. The predicted molar refractivity (Wildman–Crippen MR) is 91.6 cm³/mol. The summed E-state index contributed by atoms with van der Waals surface area (Å²) in [6, 6.07) is 7.64. The quantitative estimate of drug-likeness (QED) is 0.477. The van der Waals surface area contributed by atoms with Gasteiger partial charge in [-0.15, -0.1) is 0 Å². The van der Waals surface area contributed by atoms with E-state index >= 15 is 0 Å². The van der Waals surface area contributed by atoms with E-state index in [-0.39, 0.29) is 5.97 Å². The van der Waals surface area contributed by atoms with Crippen LogP contribution in [0.5, 0.6) is 5.75 Å². The number of aryl methyl sites for hydroxylation is 1. The van der Waals surface area contributed by atoms with Gasteiger partial charge >= 0.3 is 5.97 Å². The lowest BCUT2D eigenvalue weighted by atomic mass is 10.2. The zero-order valence-corrected chi connectivity index (χ0v) is 14.1. The normalized spacial score (nSPS) is 10.7. The number of methoxy groups -OCH3 is 1. The molecule has 0 unspecified atom stereocenters. The van der Waals surface area contributed by atoms with Crippen molar-refractivity contribution in [3.63, 3.8) is 0 Å². The van der Waals surface area contributed by atoms with Crippen LogP contribution >= 0.6 is 11.3 Å². The summed E-state index contributed by atoms with van der Waals surface area (Å²) in [5, 5.41) is 4.67. The van der Waals surface area contributed by atoms with E-state index in [1.165, 1.54) is 18.4 Å². The number of esters is 1. The van der Waals surface area contributed by atoms with E-state index in [0.717, 1.165) is 17.7 Å². The van der Waals surface area contributed by atoms with Gasteiger partial charge in [-0.25, -0.2) is 9.78 Å². The van der Waals surface area contributed by atoms with Crippen LogP contribution in [-0.4, -0.2) is 30.9 Å². The Morgan fingerprint density at radius 1 is 1.39 bits per heavy atom. The molecule has 0 amide bonds. The summed E-state index contributed by atoms with van der Waals surface area (Å²) < 4.78 is 10.2. The Balaban J connectivity index is 1.95. The smallest absolute Gasteiger partial charge is 0.350 e. The molecule has 1 heterocycles. The molecule has 2 rings (SSSR count). The fourth-order valence-corrected chi connectivity index (χ4v) is 2.59. The summed E-state index contributed by atoms with van der Waals surface area (Å²) >= 11 is 1.21. The molecular weight excluding hydrogens is 314 g/mol. The lowest BCUT2D eigenvalue weighted by Gasteiger charge is -2.03. The van der Waals surface area contributed by atoms with Gasteiger partial charge in [0, 0.05) is 0 Å². The Morgan fingerprint density at radius 2 is 2.13 bits per heavy atom. The molecule has 1 N–H and O–H groups in total. The van der Waals surface area contributed by atoms with Gasteiger partial charge in [-0.1, -0.05) is 18.3 Å². The average Bonchev–Trinajstić information content (AvgIpc) is 2.94. The Morgan fingerprint density at radius 3 is 2.78 bits per heavy atom. The number of ether oxygens (including phenoxy) is 2. The number of carbonyl (C=O) groups is 1. The van der Waals surface area contributed by atoms with Crippen LogP contribution in [0.3, 0.4) is 0 Å². The molecule has 6 nitrogen and oxygen atoms in total. The second kappa shape index (κ2) is 8.28. The minimum atomic E-state index is -0.389. The molecule has 0 saturated heterocycles. The van der Waals surface area contributed by atoms with E-state index in [4.69, 9.17) is 9.47 Å².